The second kappa shape index (κ2) is 8.16. The molecule has 1 aliphatic heterocycles. The standard InChI is InChI=1S/C20H23N5O3/c1-27-17-6-4-14(5-7-17)18-11-16(24-28-18)12-23-20(26)25-10-2-3-15(13-25)19-21-8-9-22-19/h4-9,11,15H,2-3,10,12-13H2,1H3,(H,21,22)(H,23,26)/t15-/m1/s1. The van der Waals surface area contributed by atoms with Gasteiger partial charge in [0.25, 0.3) is 0 Å². The van der Waals surface area contributed by atoms with Gasteiger partial charge in [0.2, 0.25) is 0 Å². The molecule has 4 rings (SSSR count). The normalized spacial score (nSPS) is 16.8. The van der Waals surface area contributed by atoms with E-state index in [1.54, 1.807) is 13.3 Å². The Morgan fingerprint density at radius 2 is 2.25 bits per heavy atom. The van der Waals surface area contributed by atoms with Gasteiger partial charge >= 0.3 is 6.03 Å². The zero-order valence-corrected chi connectivity index (χ0v) is 15.7. The molecular weight excluding hydrogens is 358 g/mol. The third kappa shape index (κ3) is 4.00. The minimum atomic E-state index is -0.0924. The molecule has 1 aromatic carbocycles. The molecule has 28 heavy (non-hydrogen) atoms. The van der Waals surface area contributed by atoms with Gasteiger partial charge in [0, 0.05) is 43.0 Å². The molecule has 0 saturated carbocycles. The topological polar surface area (TPSA) is 96.3 Å². The van der Waals surface area contributed by atoms with E-state index in [2.05, 4.69) is 20.4 Å². The summed E-state index contributed by atoms with van der Waals surface area (Å²) in [7, 11) is 1.63. The lowest BCUT2D eigenvalue weighted by Gasteiger charge is -2.31. The minimum Gasteiger partial charge on any atom is -0.497 e. The summed E-state index contributed by atoms with van der Waals surface area (Å²) in [5.41, 5.74) is 1.59. The fourth-order valence-corrected chi connectivity index (χ4v) is 3.45. The molecule has 146 valence electrons. The highest BCUT2D eigenvalue weighted by Crippen LogP contribution is 2.25. The van der Waals surface area contributed by atoms with Crippen LogP contribution >= 0.6 is 0 Å². The van der Waals surface area contributed by atoms with E-state index in [4.69, 9.17) is 9.26 Å². The first kappa shape index (κ1) is 18.1. The van der Waals surface area contributed by atoms with Gasteiger partial charge < -0.3 is 24.5 Å². The maximum atomic E-state index is 12.5. The number of urea groups is 1. The number of rotatable bonds is 5. The molecule has 1 saturated heterocycles. The first-order chi connectivity index (χ1) is 13.7. The van der Waals surface area contributed by atoms with Crippen LogP contribution in [0, 0.1) is 0 Å². The number of carbonyl (C=O) groups excluding carboxylic acids is 1. The van der Waals surface area contributed by atoms with E-state index in [1.165, 1.54) is 0 Å². The fraction of sp³-hybridized carbons (Fsp3) is 0.350. The fourth-order valence-electron chi connectivity index (χ4n) is 3.45. The summed E-state index contributed by atoms with van der Waals surface area (Å²) in [5.74, 6) is 2.63. The van der Waals surface area contributed by atoms with E-state index in [9.17, 15) is 4.79 Å². The molecule has 3 aromatic rings. The van der Waals surface area contributed by atoms with Crippen molar-refractivity contribution in [3.8, 4) is 17.1 Å². The lowest BCUT2D eigenvalue weighted by molar-refractivity contribution is 0.178. The first-order valence-electron chi connectivity index (χ1n) is 9.35. The highest BCUT2D eigenvalue weighted by atomic mass is 16.5. The number of amides is 2. The summed E-state index contributed by atoms with van der Waals surface area (Å²) < 4.78 is 10.6. The molecule has 0 bridgehead atoms. The monoisotopic (exact) mass is 381 g/mol. The Kier molecular flexibility index (Phi) is 5.27. The molecule has 1 aliphatic rings. The van der Waals surface area contributed by atoms with Crippen molar-refractivity contribution in [2.45, 2.75) is 25.3 Å². The van der Waals surface area contributed by atoms with Crippen molar-refractivity contribution in [3.63, 3.8) is 0 Å². The van der Waals surface area contributed by atoms with Gasteiger partial charge in [0.1, 0.15) is 17.3 Å². The zero-order chi connectivity index (χ0) is 19.3. The Labute approximate surface area is 162 Å². The van der Waals surface area contributed by atoms with Crippen LogP contribution in [0.2, 0.25) is 0 Å². The van der Waals surface area contributed by atoms with Crippen molar-refractivity contribution in [2.24, 2.45) is 0 Å². The molecule has 3 heterocycles. The molecule has 2 N–H and O–H groups in total. The Morgan fingerprint density at radius 1 is 1.39 bits per heavy atom. The third-order valence-corrected chi connectivity index (χ3v) is 4.97. The summed E-state index contributed by atoms with van der Waals surface area (Å²) in [6.07, 6.45) is 5.56. The quantitative estimate of drug-likeness (QED) is 0.708. The average molecular weight is 381 g/mol. The second-order valence-electron chi connectivity index (χ2n) is 6.83. The molecule has 8 heteroatoms. The van der Waals surface area contributed by atoms with Gasteiger partial charge in [-0.1, -0.05) is 5.16 Å². The summed E-state index contributed by atoms with van der Waals surface area (Å²) >= 11 is 0. The first-order valence-corrected chi connectivity index (χ1v) is 9.35. The highest BCUT2D eigenvalue weighted by Gasteiger charge is 2.26. The molecule has 0 unspecified atom stereocenters. The number of aromatic nitrogens is 3. The van der Waals surface area contributed by atoms with Crippen molar-refractivity contribution in [2.75, 3.05) is 20.2 Å². The predicted molar refractivity (Wildman–Crippen MR) is 103 cm³/mol. The van der Waals surface area contributed by atoms with Crippen molar-refractivity contribution in [3.05, 3.63) is 54.2 Å². The van der Waals surface area contributed by atoms with Crippen LogP contribution in [0.1, 0.15) is 30.3 Å². The number of likely N-dealkylation sites (tertiary alicyclic amines) is 1. The Morgan fingerprint density at radius 3 is 3.00 bits per heavy atom. The number of H-pyrrole nitrogens is 1. The van der Waals surface area contributed by atoms with Crippen molar-refractivity contribution < 1.29 is 14.1 Å². The lowest BCUT2D eigenvalue weighted by atomic mass is 9.98. The largest absolute Gasteiger partial charge is 0.497 e. The number of hydrogen-bond acceptors (Lipinski definition) is 5. The molecule has 0 spiro atoms. The minimum absolute atomic E-state index is 0.0924. The van der Waals surface area contributed by atoms with E-state index < -0.39 is 0 Å². The van der Waals surface area contributed by atoms with Crippen LogP contribution in [0.3, 0.4) is 0 Å². The van der Waals surface area contributed by atoms with E-state index in [0.29, 0.717) is 24.5 Å². The van der Waals surface area contributed by atoms with Crippen molar-refractivity contribution in [1.29, 1.82) is 0 Å². The molecule has 0 radical (unpaired) electrons. The molecule has 2 amide bonds. The van der Waals surface area contributed by atoms with Crippen LogP contribution in [-0.2, 0) is 6.54 Å². The van der Waals surface area contributed by atoms with E-state index in [1.807, 2.05) is 41.4 Å². The number of ether oxygens (including phenoxy) is 1. The van der Waals surface area contributed by atoms with Gasteiger partial charge in [0.15, 0.2) is 5.76 Å². The van der Waals surface area contributed by atoms with Gasteiger partial charge in [-0.3, -0.25) is 0 Å². The highest BCUT2D eigenvalue weighted by molar-refractivity contribution is 5.74. The summed E-state index contributed by atoms with van der Waals surface area (Å²) in [5, 5.41) is 6.98. The Bertz CT molecular complexity index is 904. The van der Waals surface area contributed by atoms with Crippen LogP contribution in [0.5, 0.6) is 5.75 Å². The van der Waals surface area contributed by atoms with Crippen LogP contribution < -0.4 is 10.1 Å². The SMILES string of the molecule is COc1ccc(-c2cc(CNC(=O)N3CCC[C@@H](c4ncc[nH]4)C3)no2)cc1. The summed E-state index contributed by atoms with van der Waals surface area (Å²) in [4.78, 5) is 21.9. The van der Waals surface area contributed by atoms with Crippen LogP contribution in [0.4, 0.5) is 4.79 Å². The van der Waals surface area contributed by atoms with Gasteiger partial charge in [0.05, 0.1) is 13.7 Å². The second-order valence-corrected chi connectivity index (χ2v) is 6.83. The van der Waals surface area contributed by atoms with Gasteiger partial charge in [-0.05, 0) is 37.1 Å². The number of hydrogen-bond donors (Lipinski definition) is 2. The average Bonchev–Trinajstić information content (AvgIpc) is 3.44. The van der Waals surface area contributed by atoms with Crippen LogP contribution in [-0.4, -0.2) is 46.3 Å². The van der Waals surface area contributed by atoms with Gasteiger partial charge in [-0.15, -0.1) is 0 Å². The number of piperidine rings is 1. The van der Waals surface area contributed by atoms with E-state index >= 15 is 0 Å². The number of imidazole rings is 1. The molecular formula is C20H23N5O3. The maximum Gasteiger partial charge on any atom is 0.317 e. The molecule has 8 nitrogen and oxygen atoms in total. The number of carbonyl (C=O) groups is 1. The number of nitrogens with one attached hydrogen (secondary N) is 2. The van der Waals surface area contributed by atoms with Crippen LogP contribution in [0.25, 0.3) is 11.3 Å². The summed E-state index contributed by atoms with van der Waals surface area (Å²) in [6.45, 7) is 1.73. The Hall–Kier alpha value is -3.29. The van der Waals surface area contributed by atoms with Gasteiger partial charge in [-0.2, -0.15) is 0 Å². The number of methoxy groups -OCH3 is 1. The smallest absolute Gasteiger partial charge is 0.317 e. The van der Waals surface area contributed by atoms with Gasteiger partial charge in [-0.25, -0.2) is 9.78 Å². The zero-order valence-electron chi connectivity index (χ0n) is 15.7. The van der Waals surface area contributed by atoms with Crippen LogP contribution in [0.15, 0.2) is 47.2 Å². The molecule has 1 fully saturated rings. The summed E-state index contributed by atoms with van der Waals surface area (Å²) in [6, 6.07) is 9.29. The third-order valence-electron chi connectivity index (χ3n) is 4.97. The maximum absolute atomic E-state index is 12.5. The van der Waals surface area contributed by atoms with Crippen molar-refractivity contribution in [1.82, 2.24) is 25.3 Å². The van der Waals surface area contributed by atoms with E-state index in [0.717, 1.165) is 36.5 Å². The lowest BCUT2D eigenvalue weighted by Crippen LogP contribution is -2.44. The molecule has 0 aliphatic carbocycles. The predicted octanol–water partition coefficient (Wildman–Crippen LogP) is 3.16. The number of nitrogens with zero attached hydrogens (tertiary/aromatic N) is 3. The number of aromatic amines is 1. The molecule has 2 aromatic heterocycles. The molecule has 1 atom stereocenters. The van der Waals surface area contributed by atoms with Crippen molar-refractivity contribution >= 4 is 6.03 Å². The number of benzene rings is 1. The Balaban J connectivity index is 1.33. The van der Waals surface area contributed by atoms with E-state index in [-0.39, 0.29) is 11.9 Å².